The molecule has 0 aliphatic heterocycles. The quantitative estimate of drug-likeness (QED) is 0.927. The molecule has 0 aliphatic carbocycles. The largest absolute Gasteiger partial charge is 0.495 e. The van der Waals surface area contributed by atoms with Gasteiger partial charge in [-0.25, -0.2) is 0 Å². The Morgan fingerprint density at radius 2 is 2.31 bits per heavy atom. The molecule has 0 aromatic heterocycles. The molecule has 0 radical (unpaired) electrons. The van der Waals surface area contributed by atoms with E-state index in [0.717, 1.165) is 10.0 Å². The minimum Gasteiger partial charge on any atom is -0.495 e. The number of nitrogens with zero attached hydrogens (tertiary/aromatic N) is 1. The molecule has 0 spiro atoms. The van der Waals surface area contributed by atoms with Crippen molar-refractivity contribution < 1.29 is 9.53 Å². The van der Waals surface area contributed by atoms with Crippen molar-refractivity contribution in [2.24, 2.45) is 0 Å². The summed E-state index contributed by atoms with van der Waals surface area (Å²) in [4.78, 5) is 11.3. The molecule has 16 heavy (non-hydrogen) atoms. The molecular formula is C11H11BrN2O2. The summed E-state index contributed by atoms with van der Waals surface area (Å²) in [5.41, 5.74) is 1.57. The fraction of sp³-hybridized carbons (Fsp3) is 0.273. The van der Waals surface area contributed by atoms with Crippen LogP contribution in [0.3, 0.4) is 0 Å². The number of nitrogens with one attached hydrogen (secondary N) is 1. The first-order valence-corrected chi connectivity index (χ1v) is 5.38. The van der Waals surface area contributed by atoms with E-state index in [1.807, 2.05) is 19.1 Å². The van der Waals surface area contributed by atoms with Crippen LogP contribution in [0.4, 0.5) is 5.69 Å². The molecule has 0 heterocycles. The van der Waals surface area contributed by atoms with Crippen LogP contribution in [-0.4, -0.2) is 13.0 Å². The summed E-state index contributed by atoms with van der Waals surface area (Å²) < 4.78 is 5.89. The second-order valence-electron chi connectivity index (χ2n) is 3.21. The predicted molar refractivity (Wildman–Crippen MR) is 64.3 cm³/mol. The van der Waals surface area contributed by atoms with Gasteiger partial charge in [0.2, 0.25) is 5.91 Å². The van der Waals surface area contributed by atoms with Gasteiger partial charge in [0.05, 0.1) is 18.9 Å². The summed E-state index contributed by atoms with van der Waals surface area (Å²) in [5, 5.41) is 11.0. The normalized spacial score (nSPS) is 9.38. The fourth-order valence-corrected chi connectivity index (χ4v) is 1.90. The van der Waals surface area contributed by atoms with Gasteiger partial charge in [-0.3, -0.25) is 4.79 Å². The van der Waals surface area contributed by atoms with Crippen LogP contribution in [0.15, 0.2) is 16.6 Å². The molecule has 0 fully saturated rings. The van der Waals surface area contributed by atoms with Crippen LogP contribution in [0, 0.1) is 18.3 Å². The van der Waals surface area contributed by atoms with E-state index >= 15 is 0 Å². The average molecular weight is 283 g/mol. The Kier molecular flexibility index (Phi) is 4.32. The predicted octanol–water partition coefficient (Wildman–Crippen LogP) is 2.62. The second kappa shape index (κ2) is 5.52. The summed E-state index contributed by atoms with van der Waals surface area (Å²) in [6.45, 7) is 1.92. The van der Waals surface area contributed by atoms with E-state index < -0.39 is 0 Å². The first-order chi connectivity index (χ1) is 7.58. The lowest BCUT2D eigenvalue weighted by Crippen LogP contribution is -2.11. The molecule has 1 rings (SSSR count). The van der Waals surface area contributed by atoms with Gasteiger partial charge in [-0.15, -0.1) is 0 Å². The summed E-state index contributed by atoms with van der Waals surface area (Å²) in [6, 6.07) is 5.47. The standard InChI is InChI=1S/C11H11BrN2O2/c1-7-5-8(12)11(9(6-7)16-2)14-10(15)3-4-13/h5-6H,3H2,1-2H3,(H,14,15). The van der Waals surface area contributed by atoms with Crippen molar-refractivity contribution in [3.8, 4) is 11.8 Å². The second-order valence-corrected chi connectivity index (χ2v) is 4.06. The van der Waals surface area contributed by atoms with Gasteiger partial charge in [-0.05, 0) is 40.5 Å². The molecule has 4 nitrogen and oxygen atoms in total. The number of methoxy groups -OCH3 is 1. The van der Waals surface area contributed by atoms with Crippen molar-refractivity contribution in [1.82, 2.24) is 0 Å². The Hall–Kier alpha value is -1.54. The highest BCUT2D eigenvalue weighted by molar-refractivity contribution is 9.10. The maximum absolute atomic E-state index is 11.3. The third-order valence-electron chi connectivity index (χ3n) is 1.92. The summed E-state index contributed by atoms with van der Waals surface area (Å²) in [5.74, 6) is 0.212. The van der Waals surface area contributed by atoms with E-state index in [1.54, 1.807) is 6.07 Å². The fourth-order valence-electron chi connectivity index (χ4n) is 1.25. The van der Waals surface area contributed by atoms with Gasteiger partial charge in [-0.1, -0.05) is 0 Å². The average Bonchev–Trinajstić information content (AvgIpc) is 2.22. The molecule has 0 bridgehead atoms. The van der Waals surface area contributed by atoms with E-state index in [9.17, 15) is 4.79 Å². The number of hydrogen-bond donors (Lipinski definition) is 1. The third-order valence-corrected chi connectivity index (χ3v) is 2.55. The maximum Gasteiger partial charge on any atom is 0.238 e. The van der Waals surface area contributed by atoms with Crippen LogP contribution in [0.2, 0.25) is 0 Å². The highest BCUT2D eigenvalue weighted by Gasteiger charge is 2.11. The van der Waals surface area contributed by atoms with Gasteiger partial charge in [-0.2, -0.15) is 5.26 Å². The molecular weight excluding hydrogens is 272 g/mol. The van der Waals surface area contributed by atoms with E-state index in [2.05, 4.69) is 21.2 Å². The van der Waals surface area contributed by atoms with Crippen LogP contribution < -0.4 is 10.1 Å². The van der Waals surface area contributed by atoms with Crippen molar-refractivity contribution in [1.29, 1.82) is 5.26 Å². The van der Waals surface area contributed by atoms with Crippen molar-refractivity contribution in [2.45, 2.75) is 13.3 Å². The Labute approximate surface area is 102 Å². The molecule has 0 aliphatic rings. The number of aryl methyl sites for hydroxylation is 1. The zero-order valence-electron chi connectivity index (χ0n) is 9.00. The number of benzene rings is 1. The van der Waals surface area contributed by atoms with Gasteiger partial charge in [0.1, 0.15) is 12.2 Å². The Balaban J connectivity index is 3.03. The maximum atomic E-state index is 11.3. The van der Waals surface area contributed by atoms with Crippen molar-refractivity contribution in [3.63, 3.8) is 0 Å². The van der Waals surface area contributed by atoms with Crippen LogP contribution in [0.5, 0.6) is 5.75 Å². The van der Waals surface area contributed by atoms with Gasteiger partial charge in [0.25, 0.3) is 0 Å². The lowest BCUT2D eigenvalue weighted by atomic mass is 10.2. The molecule has 1 aromatic rings. The van der Waals surface area contributed by atoms with Crippen LogP contribution in [0.1, 0.15) is 12.0 Å². The van der Waals surface area contributed by atoms with E-state index in [1.165, 1.54) is 7.11 Å². The highest BCUT2D eigenvalue weighted by Crippen LogP contribution is 2.34. The molecule has 1 amide bonds. The van der Waals surface area contributed by atoms with Crippen molar-refractivity contribution >= 4 is 27.5 Å². The number of carbonyl (C=O) groups is 1. The first-order valence-electron chi connectivity index (χ1n) is 4.59. The number of anilines is 1. The minimum atomic E-state index is -0.356. The number of nitriles is 1. The van der Waals surface area contributed by atoms with Crippen molar-refractivity contribution in [3.05, 3.63) is 22.2 Å². The van der Waals surface area contributed by atoms with Crippen molar-refractivity contribution in [2.75, 3.05) is 12.4 Å². The Bertz CT molecular complexity index is 452. The van der Waals surface area contributed by atoms with Crippen LogP contribution >= 0.6 is 15.9 Å². The van der Waals surface area contributed by atoms with E-state index in [0.29, 0.717) is 11.4 Å². The van der Waals surface area contributed by atoms with Gasteiger partial charge in [0, 0.05) is 4.47 Å². The summed E-state index contributed by atoms with van der Waals surface area (Å²) in [7, 11) is 1.53. The van der Waals surface area contributed by atoms with Gasteiger partial charge < -0.3 is 10.1 Å². The lowest BCUT2D eigenvalue weighted by molar-refractivity contribution is -0.115. The number of halogens is 1. The number of rotatable bonds is 3. The zero-order chi connectivity index (χ0) is 12.1. The first kappa shape index (κ1) is 12.5. The number of carbonyl (C=O) groups excluding carboxylic acids is 1. The Morgan fingerprint density at radius 3 is 2.88 bits per heavy atom. The molecule has 1 aromatic carbocycles. The number of amides is 1. The van der Waals surface area contributed by atoms with E-state index in [4.69, 9.17) is 10.00 Å². The monoisotopic (exact) mass is 282 g/mol. The summed E-state index contributed by atoms with van der Waals surface area (Å²) >= 11 is 3.34. The van der Waals surface area contributed by atoms with E-state index in [-0.39, 0.29) is 12.3 Å². The molecule has 84 valence electrons. The van der Waals surface area contributed by atoms with Gasteiger partial charge >= 0.3 is 0 Å². The summed E-state index contributed by atoms with van der Waals surface area (Å²) in [6.07, 6.45) is -0.177. The van der Waals surface area contributed by atoms with Crippen LogP contribution in [0.25, 0.3) is 0 Å². The molecule has 1 N–H and O–H groups in total. The minimum absolute atomic E-state index is 0.177. The third kappa shape index (κ3) is 2.97. The molecule has 0 saturated heterocycles. The number of ether oxygens (including phenoxy) is 1. The molecule has 0 saturated carbocycles. The highest BCUT2D eigenvalue weighted by atomic mass is 79.9. The van der Waals surface area contributed by atoms with Gasteiger partial charge in [0.15, 0.2) is 0 Å². The number of hydrogen-bond acceptors (Lipinski definition) is 3. The molecule has 0 atom stereocenters. The molecule has 0 unspecified atom stereocenters. The van der Waals surface area contributed by atoms with Crippen LogP contribution in [-0.2, 0) is 4.79 Å². The Morgan fingerprint density at radius 1 is 1.62 bits per heavy atom. The zero-order valence-corrected chi connectivity index (χ0v) is 10.6. The SMILES string of the molecule is COc1cc(C)cc(Br)c1NC(=O)CC#N. The lowest BCUT2D eigenvalue weighted by Gasteiger charge is -2.12. The molecule has 5 heteroatoms. The topological polar surface area (TPSA) is 62.1 Å². The smallest absolute Gasteiger partial charge is 0.238 e.